The molecule has 98 valence electrons. The Labute approximate surface area is 108 Å². The van der Waals surface area contributed by atoms with Crippen LogP contribution >= 0.6 is 0 Å². The average molecular weight is 247 g/mol. The molecule has 1 aromatic carbocycles. The minimum Gasteiger partial charge on any atom is -0.460 e. The fourth-order valence-corrected chi connectivity index (χ4v) is 2.38. The molecule has 2 N–H and O–H groups in total. The number of carbonyl (C=O) groups is 1. The maximum atomic E-state index is 12.1. The Bertz CT molecular complexity index is 394. The van der Waals surface area contributed by atoms with Gasteiger partial charge in [-0.1, -0.05) is 30.3 Å². The summed E-state index contributed by atoms with van der Waals surface area (Å²) in [7, 11) is 0. The fourth-order valence-electron chi connectivity index (χ4n) is 2.38. The molecule has 0 aromatic heterocycles. The van der Waals surface area contributed by atoms with Crippen molar-refractivity contribution in [1.29, 1.82) is 0 Å². The zero-order valence-corrected chi connectivity index (χ0v) is 10.9. The van der Waals surface area contributed by atoms with Crippen LogP contribution < -0.4 is 5.73 Å². The summed E-state index contributed by atoms with van der Waals surface area (Å²) < 4.78 is 5.43. The molecule has 2 rings (SSSR count). The van der Waals surface area contributed by atoms with Crippen molar-refractivity contribution in [2.75, 3.05) is 0 Å². The summed E-state index contributed by atoms with van der Waals surface area (Å²) in [5, 5.41) is 0. The topological polar surface area (TPSA) is 52.3 Å². The second-order valence-corrected chi connectivity index (χ2v) is 5.46. The third kappa shape index (κ3) is 3.10. The lowest BCUT2D eigenvalue weighted by molar-refractivity contribution is -0.158. The summed E-state index contributed by atoms with van der Waals surface area (Å²) in [5.41, 5.74) is 6.56. The van der Waals surface area contributed by atoms with Gasteiger partial charge in [0.1, 0.15) is 6.61 Å². The van der Waals surface area contributed by atoms with Crippen molar-refractivity contribution in [3.63, 3.8) is 0 Å². The largest absolute Gasteiger partial charge is 0.460 e. The number of ether oxygens (including phenoxy) is 1. The van der Waals surface area contributed by atoms with E-state index in [1.54, 1.807) is 0 Å². The van der Waals surface area contributed by atoms with Gasteiger partial charge in [0.25, 0.3) is 0 Å². The van der Waals surface area contributed by atoms with E-state index in [1.807, 2.05) is 37.3 Å². The highest BCUT2D eigenvalue weighted by Crippen LogP contribution is 2.36. The maximum Gasteiger partial charge on any atom is 0.312 e. The van der Waals surface area contributed by atoms with E-state index in [4.69, 9.17) is 10.5 Å². The smallest absolute Gasteiger partial charge is 0.312 e. The van der Waals surface area contributed by atoms with Gasteiger partial charge in [-0.15, -0.1) is 0 Å². The van der Waals surface area contributed by atoms with E-state index in [2.05, 4.69) is 0 Å². The van der Waals surface area contributed by atoms with Crippen LogP contribution in [0.15, 0.2) is 30.3 Å². The van der Waals surface area contributed by atoms with Crippen molar-refractivity contribution < 1.29 is 9.53 Å². The monoisotopic (exact) mass is 247 g/mol. The molecule has 0 saturated heterocycles. The molecule has 0 unspecified atom stereocenters. The summed E-state index contributed by atoms with van der Waals surface area (Å²) >= 11 is 0. The van der Waals surface area contributed by atoms with Crippen molar-refractivity contribution in [2.24, 2.45) is 11.1 Å². The average Bonchev–Trinajstić information content (AvgIpc) is 2.41. The van der Waals surface area contributed by atoms with Crippen molar-refractivity contribution in [1.82, 2.24) is 0 Å². The molecule has 1 aliphatic carbocycles. The lowest BCUT2D eigenvalue weighted by atomic mass is 9.74. The molecular formula is C15H21NO2. The Hall–Kier alpha value is -1.35. The predicted octanol–water partition coefficient (Wildman–Crippen LogP) is 2.64. The first-order chi connectivity index (χ1) is 8.60. The number of nitrogens with two attached hydrogens (primary N) is 1. The van der Waals surface area contributed by atoms with Gasteiger partial charge in [-0.05, 0) is 38.2 Å². The highest BCUT2D eigenvalue weighted by Gasteiger charge is 2.38. The van der Waals surface area contributed by atoms with Crippen LogP contribution in [-0.2, 0) is 16.1 Å². The Morgan fingerprint density at radius 1 is 1.33 bits per heavy atom. The molecule has 0 atom stereocenters. The van der Waals surface area contributed by atoms with Crippen LogP contribution in [-0.4, -0.2) is 12.0 Å². The van der Waals surface area contributed by atoms with Gasteiger partial charge in [0, 0.05) is 6.04 Å². The van der Waals surface area contributed by atoms with Gasteiger partial charge in [0.2, 0.25) is 0 Å². The first-order valence-electron chi connectivity index (χ1n) is 6.57. The van der Waals surface area contributed by atoms with Crippen molar-refractivity contribution in [3.05, 3.63) is 35.9 Å². The van der Waals surface area contributed by atoms with Crippen molar-refractivity contribution >= 4 is 5.97 Å². The Morgan fingerprint density at radius 2 is 1.94 bits per heavy atom. The van der Waals surface area contributed by atoms with Gasteiger partial charge in [-0.3, -0.25) is 4.79 Å². The van der Waals surface area contributed by atoms with E-state index in [0.717, 1.165) is 31.2 Å². The molecule has 1 aromatic rings. The lowest BCUT2D eigenvalue weighted by Gasteiger charge is -2.33. The normalized spacial score (nSPS) is 27.8. The number of rotatable bonds is 3. The lowest BCUT2D eigenvalue weighted by Crippen LogP contribution is -2.38. The molecule has 18 heavy (non-hydrogen) atoms. The Morgan fingerprint density at radius 3 is 2.56 bits per heavy atom. The molecule has 1 saturated carbocycles. The maximum absolute atomic E-state index is 12.1. The number of benzene rings is 1. The van der Waals surface area contributed by atoms with Gasteiger partial charge in [0.05, 0.1) is 5.41 Å². The highest BCUT2D eigenvalue weighted by atomic mass is 16.5. The molecule has 0 radical (unpaired) electrons. The third-order valence-corrected chi connectivity index (χ3v) is 3.84. The predicted molar refractivity (Wildman–Crippen MR) is 70.8 cm³/mol. The molecular weight excluding hydrogens is 226 g/mol. The SMILES string of the molecule is C[C@]1(C(=O)OCc2ccccc2)CC[C@@H](N)CC1. The van der Waals surface area contributed by atoms with E-state index in [1.165, 1.54) is 0 Å². The molecule has 3 heteroatoms. The molecule has 0 amide bonds. The summed E-state index contributed by atoms with van der Waals surface area (Å²) in [5.74, 6) is -0.0850. The molecule has 0 spiro atoms. The summed E-state index contributed by atoms with van der Waals surface area (Å²) in [4.78, 5) is 12.1. The summed E-state index contributed by atoms with van der Waals surface area (Å²) in [6.45, 7) is 2.35. The second-order valence-electron chi connectivity index (χ2n) is 5.46. The molecule has 1 fully saturated rings. The Kier molecular flexibility index (Phi) is 4.02. The van der Waals surface area contributed by atoms with Gasteiger partial charge in [0.15, 0.2) is 0 Å². The zero-order chi connectivity index (χ0) is 13.0. The van der Waals surface area contributed by atoms with Crippen LogP contribution in [0.2, 0.25) is 0 Å². The van der Waals surface area contributed by atoms with Crippen LogP contribution in [0.1, 0.15) is 38.2 Å². The second kappa shape index (κ2) is 5.53. The highest BCUT2D eigenvalue weighted by molar-refractivity contribution is 5.76. The number of hydrogen-bond acceptors (Lipinski definition) is 3. The van der Waals surface area contributed by atoms with Crippen LogP contribution in [0.3, 0.4) is 0 Å². The number of carbonyl (C=O) groups excluding carboxylic acids is 1. The van der Waals surface area contributed by atoms with E-state index in [0.29, 0.717) is 6.61 Å². The van der Waals surface area contributed by atoms with E-state index in [-0.39, 0.29) is 17.4 Å². The van der Waals surface area contributed by atoms with Crippen molar-refractivity contribution in [3.8, 4) is 0 Å². The molecule has 1 aliphatic rings. The van der Waals surface area contributed by atoms with Crippen LogP contribution in [0, 0.1) is 5.41 Å². The molecule has 0 aliphatic heterocycles. The summed E-state index contributed by atoms with van der Waals surface area (Å²) in [6, 6.07) is 10.0. The van der Waals surface area contributed by atoms with Gasteiger partial charge < -0.3 is 10.5 Å². The summed E-state index contributed by atoms with van der Waals surface area (Å²) in [6.07, 6.45) is 3.50. The van der Waals surface area contributed by atoms with E-state index < -0.39 is 0 Å². The van der Waals surface area contributed by atoms with E-state index >= 15 is 0 Å². The first kappa shape index (κ1) is 13.1. The minimum absolute atomic E-state index is 0.0850. The molecule has 3 nitrogen and oxygen atoms in total. The molecule has 0 bridgehead atoms. The standard InChI is InChI=1S/C15H21NO2/c1-15(9-7-13(16)8-10-15)14(17)18-11-12-5-3-2-4-6-12/h2-6,13H,7-11,16H2,1H3/t13-,15+. The zero-order valence-electron chi connectivity index (χ0n) is 10.9. The minimum atomic E-state index is -0.343. The van der Waals surface area contributed by atoms with Crippen LogP contribution in [0.4, 0.5) is 0 Å². The van der Waals surface area contributed by atoms with Gasteiger partial charge in [-0.25, -0.2) is 0 Å². The first-order valence-corrected chi connectivity index (χ1v) is 6.57. The molecule has 0 heterocycles. The van der Waals surface area contributed by atoms with Gasteiger partial charge >= 0.3 is 5.97 Å². The third-order valence-electron chi connectivity index (χ3n) is 3.84. The van der Waals surface area contributed by atoms with Crippen LogP contribution in [0.25, 0.3) is 0 Å². The number of esters is 1. The van der Waals surface area contributed by atoms with E-state index in [9.17, 15) is 4.79 Å². The Balaban J connectivity index is 1.88. The van der Waals surface area contributed by atoms with Crippen LogP contribution in [0.5, 0.6) is 0 Å². The van der Waals surface area contributed by atoms with Gasteiger partial charge in [-0.2, -0.15) is 0 Å². The number of hydrogen-bond donors (Lipinski definition) is 1. The quantitative estimate of drug-likeness (QED) is 0.835. The fraction of sp³-hybridized carbons (Fsp3) is 0.533. The van der Waals surface area contributed by atoms with Crippen molar-refractivity contribution in [2.45, 2.75) is 45.3 Å².